The van der Waals surface area contributed by atoms with E-state index in [9.17, 15) is 13.2 Å². The lowest BCUT2D eigenvalue weighted by molar-refractivity contribution is 0.0952. The van der Waals surface area contributed by atoms with E-state index in [1.807, 2.05) is 13.0 Å². The first kappa shape index (κ1) is 19.0. The largest absolute Gasteiger partial charge is 0.396 e. The van der Waals surface area contributed by atoms with Crippen molar-refractivity contribution in [3.63, 3.8) is 0 Å². The van der Waals surface area contributed by atoms with Crippen LogP contribution in [0.3, 0.4) is 0 Å². The minimum Gasteiger partial charge on any atom is -0.396 e. The van der Waals surface area contributed by atoms with Crippen LogP contribution < -0.4 is 10.0 Å². The van der Waals surface area contributed by atoms with Gasteiger partial charge in [-0.05, 0) is 49.6 Å². The third kappa shape index (κ3) is 4.80. The Hall–Kier alpha value is -2.38. The molecule has 0 atom stereocenters. The van der Waals surface area contributed by atoms with Crippen LogP contribution in [-0.4, -0.2) is 32.6 Å². The van der Waals surface area contributed by atoms with E-state index in [0.717, 1.165) is 5.56 Å². The number of carbonyl (C=O) groups is 1. The fourth-order valence-electron chi connectivity index (χ4n) is 2.34. The normalized spacial score (nSPS) is 11.2. The Morgan fingerprint density at radius 1 is 1.12 bits per heavy atom. The van der Waals surface area contributed by atoms with Crippen molar-refractivity contribution in [1.29, 1.82) is 0 Å². The SMILES string of the molecule is Cc1ccc(C)c(S(=O)(=O)Nc2ccccc2C(=O)NCCCO)c1. The Morgan fingerprint density at radius 2 is 1.84 bits per heavy atom. The van der Waals surface area contributed by atoms with Gasteiger partial charge in [0.15, 0.2) is 0 Å². The topological polar surface area (TPSA) is 95.5 Å². The number of hydrogen-bond donors (Lipinski definition) is 3. The number of hydrogen-bond acceptors (Lipinski definition) is 4. The number of sulfonamides is 1. The number of carbonyl (C=O) groups excluding carboxylic acids is 1. The predicted molar refractivity (Wildman–Crippen MR) is 97.2 cm³/mol. The van der Waals surface area contributed by atoms with Gasteiger partial charge in [0, 0.05) is 13.2 Å². The summed E-state index contributed by atoms with van der Waals surface area (Å²) in [6.45, 7) is 3.83. The molecule has 0 aliphatic rings. The van der Waals surface area contributed by atoms with Gasteiger partial charge in [0.1, 0.15) is 0 Å². The monoisotopic (exact) mass is 362 g/mol. The van der Waals surface area contributed by atoms with E-state index in [0.29, 0.717) is 18.5 Å². The Kier molecular flexibility index (Phi) is 6.17. The molecule has 134 valence electrons. The van der Waals surface area contributed by atoms with Crippen LogP contribution in [-0.2, 0) is 10.0 Å². The third-order valence-corrected chi connectivity index (χ3v) is 5.18. The van der Waals surface area contributed by atoms with Gasteiger partial charge in [0.2, 0.25) is 0 Å². The maximum Gasteiger partial charge on any atom is 0.262 e. The van der Waals surface area contributed by atoms with Gasteiger partial charge in [-0.25, -0.2) is 8.42 Å². The van der Waals surface area contributed by atoms with Gasteiger partial charge < -0.3 is 10.4 Å². The second kappa shape index (κ2) is 8.13. The first-order valence-electron chi connectivity index (χ1n) is 7.93. The number of anilines is 1. The highest BCUT2D eigenvalue weighted by Gasteiger charge is 2.20. The van der Waals surface area contributed by atoms with E-state index in [-0.39, 0.29) is 22.8 Å². The summed E-state index contributed by atoms with van der Waals surface area (Å²) in [7, 11) is -3.82. The van der Waals surface area contributed by atoms with Crippen LogP contribution in [0.1, 0.15) is 27.9 Å². The van der Waals surface area contributed by atoms with Crippen LogP contribution in [0.4, 0.5) is 5.69 Å². The van der Waals surface area contributed by atoms with Gasteiger partial charge in [-0.15, -0.1) is 0 Å². The average molecular weight is 362 g/mol. The fourth-order valence-corrected chi connectivity index (χ4v) is 3.75. The third-order valence-electron chi connectivity index (χ3n) is 3.67. The maximum absolute atomic E-state index is 12.7. The van der Waals surface area contributed by atoms with Gasteiger partial charge in [-0.2, -0.15) is 0 Å². The zero-order valence-electron chi connectivity index (χ0n) is 14.2. The summed E-state index contributed by atoms with van der Waals surface area (Å²) < 4.78 is 28.0. The van der Waals surface area contributed by atoms with Crippen LogP contribution in [0.5, 0.6) is 0 Å². The Balaban J connectivity index is 2.31. The smallest absolute Gasteiger partial charge is 0.262 e. The highest BCUT2D eigenvalue weighted by Crippen LogP contribution is 2.23. The minimum absolute atomic E-state index is 0.0266. The Bertz CT molecular complexity index is 863. The summed E-state index contributed by atoms with van der Waals surface area (Å²) in [5, 5.41) is 11.4. The molecule has 0 aliphatic heterocycles. The molecule has 1 amide bonds. The molecule has 0 saturated carbocycles. The fraction of sp³-hybridized carbons (Fsp3) is 0.278. The molecule has 3 N–H and O–H groups in total. The van der Waals surface area contributed by atoms with Gasteiger partial charge in [0.05, 0.1) is 16.1 Å². The van der Waals surface area contributed by atoms with Crippen molar-refractivity contribution < 1.29 is 18.3 Å². The predicted octanol–water partition coefficient (Wildman–Crippen LogP) is 2.22. The van der Waals surface area contributed by atoms with Gasteiger partial charge in [-0.3, -0.25) is 9.52 Å². The van der Waals surface area contributed by atoms with Crippen molar-refractivity contribution >= 4 is 21.6 Å². The summed E-state index contributed by atoms with van der Waals surface area (Å²) in [5.41, 5.74) is 1.91. The van der Waals surface area contributed by atoms with E-state index in [1.54, 1.807) is 43.3 Å². The molecule has 25 heavy (non-hydrogen) atoms. The summed E-state index contributed by atoms with van der Waals surface area (Å²) in [6, 6.07) is 11.6. The second-order valence-corrected chi connectivity index (χ2v) is 7.40. The number of benzene rings is 2. The summed E-state index contributed by atoms with van der Waals surface area (Å²) in [5.74, 6) is -0.396. The zero-order valence-corrected chi connectivity index (χ0v) is 15.1. The van der Waals surface area contributed by atoms with Crippen molar-refractivity contribution in [1.82, 2.24) is 5.32 Å². The number of aliphatic hydroxyl groups excluding tert-OH is 1. The lowest BCUT2D eigenvalue weighted by Gasteiger charge is -2.14. The quantitative estimate of drug-likeness (QED) is 0.658. The van der Waals surface area contributed by atoms with Gasteiger partial charge in [-0.1, -0.05) is 24.3 Å². The van der Waals surface area contributed by atoms with Gasteiger partial charge in [0.25, 0.3) is 15.9 Å². The van der Waals surface area contributed by atoms with Crippen LogP contribution in [0, 0.1) is 13.8 Å². The average Bonchev–Trinajstić information content (AvgIpc) is 2.57. The van der Waals surface area contributed by atoms with E-state index in [4.69, 9.17) is 5.11 Å². The van der Waals surface area contributed by atoms with Crippen LogP contribution in [0.15, 0.2) is 47.4 Å². The molecule has 0 heterocycles. The molecule has 2 aromatic rings. The number of aryl methyl sites for hydroxylation is 2. The van der Waals surface area contributed by atoms with Crippen LogP contribution in [0.2, 0.25) is 0 Å². The first-order chi connectivity index (χ1) is 11.8. The van der Waals surface area contributed by atoms with Gasteiger partial charge >= 0.3 is 0 Å². The lowest BCUT2D eigenvalue weighted by atomic mass is 10.1. The number of amides is 1. The second-order valence-electron chi connectivity index (χ2n) is 5.75. The molecular weight excluding hydrogens is 340 g/mol. The summed E-state index contributed by atoms with van der Waals surface area (Å²) >= 11 is 0. The molecule has 6 nitrogen and oxygen atoms in total. The molecule has 7 heteroatoms. The molecule has 2 rings (SSSR count). The molecule has 0 saturated heterocycles. The first-order valence-corrected chi connectivity index (χ1v) is 9.41. The van der Waals surface area contributed by atoms with Crippen molar-refractivity contribution in [2.24, 2.45) is 0 Å². The molecular formula is C18H22N2O4S. The summed E-state index contributed by atoms with van der Waals surface area (Å²) in [6.07, 6.45) is 0.433. The zero-order chi connectivity index (χ0) is 18.4. The molecule has 0 aromatic heterocycles. The van der Waals surface area contributed by atoms with Crippen molar-refractivity contribution in [3.05, 3.63) is 59.2 Å². The number of nitrogens with one attached hydrogen (secondary N) is 2. The number of para-hydroxylation sites is 1. The highest BCUT2D eigenvalue weighted by molar-refractivity contribution is 7.92. The molecule has 2 aromatic carbocycles. The lowest BCUT2D eigenvalue weighted by Crippen LogP contribution is -2.26. The molecule has 0 spiro atoms. The molecule has 0 unspecified atom stereocenters. The van der Waals surface area contributed by atoms with Crippen LogP contribution in [0.25, 0.3) is 0 Å². The molecule has 0 fully saturated rings. The Morgan fingerprint density at radius 3 is 2.56 bits per heavy atom. The summed E-state index contributed by atoms with van der Waals surface area (Å²) in [4.78, 5) is 12.4. The minimum atomic E-state index is -3.82. The van der Waals surface area contributed by atoms with Crippen molar-refractivity contribution in [2.45, 2.75) is 25.2 Å². The molecule has 0 bridgehead atoms. The number of rotatable bonds is 7. The van der Waals surface area contributed by atoms with E-state index < -0.39 is 15.9 Å². The van der Waals surface area contributed by atoms with Crippen LogP contribution >= 0.6 is 0 Å². The molecule has 0 aliphatic carbocycles. The van der Waals surface area contributed by atoms with E-state index in [2.05, 4.69) is 10.0 Å². The van der Waals surface area contributed by atoms with E-state index in [1.165, 1.54) is 0 Å². The highest BCUT2D eigenvalue weighted by atomic mass is 32.2. The molecule has 0 radical (unpaired) electrons. The maximum atomic E-state index is 12.7. The number of aliphatic hydroxyl groups is 1. The standard InChI is InChI=1S/C18H22N2O4S/c1-13-8-9-14(2)17(12-13)25(23,24)20-16-7-4-3-6-15(16)18(22)19-10-5-11-21/h3-4,6-9,12,20-21H,5,10-11H2,1-2H3,(H,19,22). The van der Waals surface area contributed by atoms with E-state index >= 15 is 0 Å². The van der Waals surface area contributed by atoms with Crippen molar-refractivity contribution in [3.8, 4) is 0 Å². The Labute approximate surface area is 147 Å². The van der Waals surface area contributed by atoms with Crippen molar-refractivity contribution in [2.75, 3.05) is 17.9 Å².